The molecule has 0 saturated carbocycles. The summed E-state index contributed by atoms with van der Waals surface area (Å²) in [6.45, 7) is 1.40. The Morgan fingerprint density at radius 2 is 2.04 bits per heavy atom. The highest BCUT2D eigenvalue weighted by Crippen LogP contribution is 2.28. The second-order valence-corrected chi connectivity index (χ2v) is 6.47. The predicted octanol–water partition coefficient (Wildman–Crippen LogP) is 0.833. The minimum Gasteiger partial charge on any atom is -0.364 e. The number of benzene rings is 1. The Morgan fingerprint density at radius 1 is 1.22 bits per heavy atom. The minimum absolute atomic E-state index is 0.0388. The number of H-pyrrole nitrogens is 1. The molecule has 1 aromatic carbocycles. The highest BCUT2D eigenvalue weighted by Gasteiger charge is 2.27. The number of carbonyl (C=O) groups excluding carboxylic acids is 1. The minimum atomic E-state index is -0.608. The number of para-hydroxylation sites is 1. The first kappa shape index (κ1) is 17.0. The average Bonchev–Trinajstić information content (AvgIpc) is 3.10. The molecule has 2 aromatic heterocycles. The number of nitrogens with one attached hydrogen (secondary N) is 1. The van der Waals surface area contributed by atoms with Crippen molar-refractivity contribution in [2.45, 2.75) is 18.8 Å². The van der Waals surface area contributed by atoms with E-state index >= 15 is 0 Å². The summed E-state index contributed by atoms with van der Waals surface area (Å²) in [6.07, 6.45) is 4.78. The molecule has 9 heteroatoms. The van der Waals surface area contributed by atoms with Crippen LogP contribution in [-0.4, -0.2) is 43.7 Å². The first-order chi connectivity index (χ1) is 13.1. The third kappa shape index (κ3) is 3.31. The van der Waals surface area contributed by atoms with Gasteiger partial charge in [-0.05, 0) is 25.0 Å². The van der Waals surface area contributed by atoms with Crippen molar-refractivity contribution in [3.63, 3.8) is 0 Å². The summed E-state index contributed by atoms with van der Waals surface area (Å²) in [5, 5.41) is 6.84. The van der Waals surface area contributed by atoms with Crippen LogP contribution in [0.1, 0.15) is 35.1 Å². The van der Waals surface area contributed by atoms with Crippen LogP contribution in [0.3, 0.4) is 0 Å². The number of amides is 1. The smallest absolute Gasteiger partial charge is 0.347 e. The topological polar surface area (TPSA) is 123 Å². The van der Waals surface area contributed by atoms with Crippen LogP contribution in [0.25, 0.3) is 5.69 Å². The Balaban J connectivity index is 1.64. The van der Waals surface area contributed by atoms with Crippen molar-refractivity contribution in [1.82, 2.24) is 24.7 Å². The van der Waals surface area contributed by atoms with Gasteiger partial charge >= 0.3 is 5.69 Å². The number of piperidine rings is 1. The number of rotatable bonds is 4. The van der Waals surface area contributed by atoms with Gasteiger partial charge in [0.2, 0.25) is 0 Å². The quantitative estimate of drug-likeness (QED) is 0.706. The molecule has 138 valence electrons. The monoisotopic (exact) mass is 365 g/mol. The van der Waals surface area contributed by atoms with Crippen molar-refractivity contribution in [2.24, 2.45) is 5.73 Å². The van der Waals surface area contributed by atoms with Crippen molar-refractivity contribution < 1.29 is 4.79 Å². The fraction of sp³-hybridized carbons (Fsp3) is 0.278. The molecular formula is C18H19N7O2. The van der Waals surface area contributed by atoms with Crippen LogP contribution < -0.4 is 16.3 Å². The summed E-state index contributed by atoms with van der Waals surface area (Å²) in [6, 6.07) is 9.43. The van der Waals surface area contributed by atoms with E-state index in [0.717, 1.165) is 25.1 Å². The Hall–Kier alpha value is -3.49. The van der Waals surface area contributed by atoms with Crippen molar-refractivity contribution in [3.05, 3.63) is 64.7 Å². The van der Waals surface area contributed by atoms with Crippen LogP contribution in [0.15, 0.2) is 47.5 Å². The zero-order valence-corrected chi connectivity index (χ0v) is 14.6. The molecule has 3 N–H and O–H groups in total. The van der Waals surface area contributed by atoms with E-state index in [4.69, 9.17) is 5.73 Å². The molecule has 0 bridgehead atoms. The van der Waals surface area contributed by atoms with Crippen molar-refractivity contribution in [2.75, 3.05) is 18.0 Å². The number of carbonyl (C=O) groups is 1. The van der Waals surface area contributed by atoms with E-state index in [-0.39, 0.29) is 17.3 Å². The Morgan fingerprint density at radius 3 is 2.81 bits per heavy atom. The first-order valence-electron chi connectivity index (χ1n) is 8.73. The van der Waals surface area contributed by atoms with Gasteiger partial charge in [-0.3, -0.25) is 9.78 Å². The van der Waals surface area contributed by atoms with E-state index < -0.39 is 5.91 Å². The number of nitrogens with two attached hydrogens (primary N) is 1. The molecule has 3 aromatic rings. The van der Waals surface area contributed by atoms with E-state index in [1.165, 1.54) is 6.20 Å². The molecule has 1 fully saturated rings. The van der Waals surface area contributed by atoms with Gasteiger partial charge in [0.15, 0.2) is 0 Å². The highest BCUT2D eigenvalue weighted by atomic mass is 16.2. The fourth-order valence-corrected chi connectivity index (χ4v) is 3.43. The number of aromatic amines is 1. The normalized spacial score (nSPS) is 17.0. The maximum atomic E-state index is 12.3. The van der Waals surface area contributed by atoms with Gasteiger partial charge in [-0.15, -0.1) is 0 Å². The van der Waals surface area contributed by atoms with Crippen LogP contribution in [-0.2, 0) is 0 Å². The van der Waals surface area contributed by atoms with E-state index in [9.17, 15) is 9.59 Å². The summed E-state index contributed by atoms with van der Waals surface area (Å²) in [5.41, 5.74) is 5.96. The predicted molar refractivity (Wildman–Crippen MR) is 98.9 cm³/mol. The second-order valence-electron chi connectivity index (χ2n) is 6.47. The Bertz CT molecular complexity index is 1010. The van der Waals surface area contributed by atoms with Gasteiger partial charge in [-0.25, -0.2) is 19.4 Å². The molecule has 0 radical (unpaired) electrons. The van der Waals surface area contributed by atoms with Gasteiger partial charge in [-0.2, -0.15) is 5.10 Å². The number of aromatic nitrogens is 5. The van der Waals surface area contributed by atoms with Crippen molar-refractivity contribution >= 4 is 11.7 Å². The van der Waals surface area contributed by atoms with Crippen LogP contribution in [0.4, 0.5) is 5.82 Å². The van der Waals surface area contributed by atoms with Gasteiger partial charge in [0.25, 0.3) is 5.91 Å². The van der Waals surface area contributed by atoms with Crippen molar-refractivity contribution in [1.29, 1.82) is 0 Å². The molecule has 27 heavy (non-hydrogen) atoms. The standard InChI is InChI=1S/C18H19N7O2/c19-16(26)14-9-20-10-15(21-14)24-8-4-5-12(11-24)17-22-23-18(27)25(17)13-6-2-1-3-7-13/h1-3,6-7,9-10,12H,4-5,8,11H2,(H2,19,26)(H,23,27)/t12-/m1/s1. The molecule has 1 saturated heterocycles. The lowest BCUT2D eigenvalue weighted by Crippen LogP contribution is -2.36. The maximum Gasteiger partial charge on any atom is 0.347 e. The lowest BCUT2D eigenvalue weighted by atomic mass is 9.97. The number of primary amides is 1. The molecular weight excluding hydrogens is 346 g/mol. The van der Waals surface area contributed by atoms with E-state index in [2.05, 4.69) is 20.2 Å². The Kier molecular flexibility index (Phi) is 4.41. The highest BCUT2D eigenvalue weighted by molar-refractivity contribution is 5.90. The van der Waals surface area contributed by atoms with Crippen LogP contribution >= 0.6 is 0 Å². The molecule has 3 heterocycles. The molecule has 4 rings (SSSR count). The maximum absolute atomic E-state index is 12.3. The molecule has 9 nitrogen and oxygen atoms in total. The zero-order valence-electron chi connectivity index (χ0n) is 14.6. The van der Waals surface area contributed by atoms with Gasteiger partial charge in [0.05, 0.1) is 18.1 Å². The third-order valence-corrected chi connectivity index (χ3v) is 4.70. The van der Waals surface area contributed by atoms with E-state index in [0.29, 0.717) is 18.2 Å². The number of hydrogen-bond acceptors (Lipinski definition) is 6. The van der Waals surface area contributed by atoms with Gasteiger partial charge < -0.3 is 10.6 Å². The summed E-state index contributed by atoms with van der Waals surface area (Å²) in [7, 11) is 0. The van der Waals surface area contributed by atoms with E-state index in [1.807, 2.05) is 35.2 Å². The zero-order chi connectivity index (χ0) is 18.8. The molecule has 0 unspecified atom stereocenters. The van der Waals surface area contributed by atoms with Gasteiger partial charge in [0, 0.05) is 19.0 Å². The lowest BCUT2D eigenvalue weighted by molar-refractivity contribution is 0.0995. The Labute approximate surface area is 154 Å². The largest absolute Gasteiger partial charge is 0.364 e. The van der Waals surface area contributed by atoms with Crippen LogP contribution in [0.5, 0.6) is 0 Å². The molecule has 1 atom stereocenters. The second kappa shape index (κ2) is 7.02. The third-order valence-electron chi connectivity index (χ3n) is 4.70. The summed E-state index contributed by atoms with van der Waals surface area (Å²) in [5.74, 6) is 0.718. The first-order valence-corrected chi connectivity index (χ1v) is 8.73. The van der Waals surface area contributed by atoms with Crippen molar-refractivity contribution in [3.8, 4) is 5.69 Å². The summed E-state index contributed by atoms with van der Waals surface area (Å²) >= 11 is 0. The number of hydrogen-bond donors (Lipinski definition) is 2. The fourth-order valence-electron chi connectivity index (χ4n) is 3.43. The SMILES string of the molecule is NC(=O)c1cncc(N2CCC[C@@H](c3n[nH]c(=O)n3-c3ccccc3)C2)n1. The van der Waals surface area contributed by atoms with Crippen LogP contribution in [0, 0.1) is 0 Å². The van der Waals surface area contributed by atoms with Crippen LogP contribution in [0.2, 0.25) is 0 Å². The average molecular weight is 365 g/mol. The molecule has 0 aliphatic carbocycles. The molecule has 0 spiro atoms. The summed E-state index contributed by atoms with van der Waals surface area (Å²) in [4.78, 5) is 34.1. The van der Waals surface area contributed by atoms with Gasteiger partial charge in [-0.1, -0.05) is 18.2 Å². The molecule has 1 amide bonds. The molecule has 1 aliphatic heterocycles. The van der Waals surface area contributed by atoms with Gasteiger partial charge in [0.1, 0.15) is 17.3 Å². The van der Waals surface area contributed by atoms with E-state index in [1.54, 1.807) is 10.8 Å². The lowest BCUT2D eigenvalue weighted by Gasteiger charge is -2.33. The summed E-state index contributed by atoms with van der Waals surface area (Å²) < 4.78 is 1.61. The molecule has 1 aliphatic rings. The number of nitrogens with zero attached hydrogens (tertiary/aromatic N) is 5. The number of anilines is 1.